The summed E-state index contributed by atoms with van der Waals surface area (Å²) >= 11 is 0. The predicted molar refractivity (Wildman–Crippen MR) is 67.7 cm³/mol. The lowest BCUT2D eigenvalue weighted by molar-refractivity contribution is 0.0514. The summed E-state index contributed by atoms with van der Waals surface area (Å²) < 4.78 is 5.04. The van der Waals surface area contributed by atoms with Crippen LogP contribution in [-0.4, -0.2) is 12.6 Å². The Bertz CT molecular complexity index is 579. The zero-order chi connectivity index (χ0) is 12.1. The molecule has 0 bridgehead atoms. The second-order valence-corrected chi connectivity index (χ2v) is 3.65. The second kappa shape index (κ2) is 5.18. The Morgan fingerprint density at radius 3 is 2.71 bits per heavy atom. The maximum atomic E-state index is 11.7. The van der Waals surface area contributed by atoms with Gasteiger partial charge in [-0.1, -0.05) is 30.3 Å². The van der Waals surface area contributed by atoms with Crippen molar-refractivity contribution in [1.29, 1.82) is 0 Å². The van der Waals surface area contributed by atoms with E-state index in [9.17, 15) is 4.79 Å². The number of benzene rings is 2. The summed E-state index contributed by atoms with van der Waals surface area (Å²) in [6, 6.07) is 13.4. The van der Waals surface area contributed by atoms with Crippen LogP contribution in [0, 0.1) is 12.3 Å². The van der Waals surface area contributed by atoms with Gasteiger partial charge in [-0.2, -0.15) is 0 Å². The van der Waals surface area contributed by atoms with E-state index in [4.69, 9.17) is 11.2 Å². The molecule has 2 nitrogen and oxygen atoms in total. The number of carbonyl (C=O) groups excluding carboxylic acids is 1. The summed E-state index contributed by atoms with van der Waals surface area (Å²) in [5.41, 5.74) is 0.556. The fraction of sp³-hybridized carbons (Fsp3) is 0.133. The number of ether oxygens (including phenoxy) is 1. The molecule has 0 aromatic heterocycles. The highest BCUT2D eigenvalue weighted by Gasteiger charge is 2.06. The smallest absolute Gasteiger partial charge is 0.338 e. The van der Waals surface area contributed by atoms with Crippen LogP contribution in [0.1, 0.15) is 16.8 Å². The van der Waals surface area contributed by atoms with Gasteiger partial charge in [-0.05, 0) is 22.9 Å². The van der Waals surface area contributed by atoms with E-state index in [2.05, 4.69) is 5.92 Å². The first-order valence-corrected chi connectivity index (χ1v) is 5.40. The molecule has 0 heterocycles. The summed E-state index contributed by atoms with van der Waals surface area (Å²) in [4.78, 5) is 11.7. The molecule has 0 saturated heterocycles. The molecule has 2 heteroatoms. The molecule has 84 valence electrons. The summed E-state index contributed by atoms with van der Waals surface area (Å²) in [6.07, 6.45) is 5.53. The van der Waals surface area contributed by atoms with Gasteiger partial charge in [0.25, 0.3) is 0 Å². The first-order chi connectivity index (χ1) is 8.31. The Morgan fingerprint density at radius 2 is 1.94 bits per heavy atom. The van der Waals surface area contributed by atoms with Crippen molar-refractivity contribution in [3.8, 4) is 12.3 Å². The molecule has 2 aromatic carbocycles. The summed E-state index contributed by atoms with van der Waals surface area (Å²) in [6.45, 7) is 0.266. The SMILES string of the molecule is C#CCCOC(=O)c1ccc2ccccc2c1. The number of hydrogen-bond acceptors (Lipinski definition) is 2. The van der Waals surface area contributed by atoms with Crippen molar-refractivity contribution in [2.45, 2.75) is 6.42 Å². The van der Waals surface area contributed by atoms with Crippen LogP contribution < -0.4 is 0 Å². The van der Waals surface area contributed by atoms with Gasteiger partial charge < -0.3 is 4.74 Å². The van der Waals surface area contributed by atoms with E-state index in [-0.39, 0.29) is 12.6 Å². The largest absolute Gasteiger partial charge is 0.461 e. The van der Waals surface area contributed by atoms with Gasteiger partial charge >= 0.3 is 5.97 Å². The van der Waals surface area contributed by atoms with Gasteiger partial charge in [0.05, 0.1) is 5.56 Å². The standard InChI is InChI=1S/C15H12O2/c1-2-3-10-17-15(16)14-9-8-12-6-4-5-7-13(12)11-14/h1,4-9,11H,3,10H2. The first kappa shape index (κ1) is 11.2. The van der Waals surface area contributed by atoms with Crippen LogP contribution in [0.5, 0.6) is 0 Å². The molecule has 0 aliphatic heterocycles. The van der Waals surface area contributed by atoms with Crippen molar-refractivity contribution in [2.75, 3.05) is 6.61 Å². The highest BCUT2D eigenvalue weighted by molar-refractivity contribution is 5.95. The molecule has 2 aromatic rings. The minimum absolute atomic E-state index is 0.266. The van der Waals surface area contributed by atoms with Crippen molar-refractivity contribution < 1.29 is 9.53 Å². The Morgan fingerprint density at radius 1 is 1.18 bits per heavy atom. The van der Waals surface area contributed by atoms with Crippen molar-refractivity contribution in [3.63, 3.8) is 0 Å². The van der Waals surface area contributed by atoms with Gasteiger partial charge in [0.15, 0.2) is 0 Å². The molecule has 0 saturated carbocycles. The lowest BCUT2D eigenvalue weighted by Gasteiger charge is -2.04. The van der Waals surface area contributed by atoms with Gasteiger partial charge in [-0.15, -0.1) is 12.3 Å². The molecule has 0 fully saturated rings. The Kier molecular flexibility index (Phi) is 3.42. The molecular formula is C15H12O2. The molecule has 0 N–H and O–H groups in total. The molecule has 17 heavy (non-hydrogen) atoms. The van der Waals surface area contributed by atoms with Crippen LogP contribution in [0.15, 0.2) is 42.5 Å². The lowest BCUT2D eigenvalue weighted by atomic mass is 10.1. The van der Waals surface area contributed by atoms with Crippen LogP contribution in [0.25, 0.3) is 10.8 Å². The van der Waals surface area contributed by atoms with Crippen molar-refractivity contribution in [3.05, 3.63) is 48.0 Å². The topological polar surface area (TPSA) is 26.3 Å². The molecule has 0 radical (unpaired) electrons. The molecule has 0 unspecified atom stereocenters. The molecule has 0 amide bonds. The summed E-state index contributed by atoms with van der Waals surface area (Å²) in [7, 11) is 0. The third-order valence-electron chi connectivity index (χ3n) is 2.46. The number of terminal acetylenes is 1. The third-order valence-corrected chi connectivity index (χ3v) is 2.46. The zero-order valence-corrected chi connectivity index (χ0v) is 9.35. The van der Waals surface area contributed by atoms with Gasteiger partial charge in [-0.3, -0.25) is 0 Å². The Labute approximate surface area is 100 Å². The minimum Gasteiger partial charge on any atom is -0.461 e. The molecule has 0 aliphatic carbocycles. The maximum Gasteiger partial charge on any atom is 0.338 e. The van der Waals surface area contributed by atoms with E-state index < -0.39 is 0 Å². The monoisotopic (exact) mass is 224 g/mol. The number of carbonyl (C=O) groups is 1. The highest BCUT2D eigenvalue weighted by atomic mass is 16.5. The first-order valence-electron chi connectivity index (χ1n) is 5.40. The lowest BCUT2D eigenvalue weighted by Crippen LogP contribution is -2.05. The van der Waals surface area contributed by atoms with Crippen molar-refractivity contribution in [1.82, 2.24) is 0 Å². The number of fused-ring (bicyclic) bond motifs is 1. The molecule has 0 atom stereocenters. The molecular weight excluding hydrogens is 212 g/mol. The van der Waals surface area contributed by atoms with Gasteiger partial charge in [0, 0.05) is 6.42 Å². The molecule has 0 aliphatic rings. The van der Waals surface area contributed by atoms with Crippen LogP contribution in [-0.2, 0) is 4.74 Å². The third kappa shape index (κ3) is 2.64. The van der Waals surface area contributed by atoms with E-state index in [0.717, 1.165) is 10.8 Å². The van der Waals surface area contributed by atoms with Crippen molar-refractivity contribution in [2.24, 2.45) is 0 Å². The number of esters is 1. The van der Waals surface area contributed by atoms with E-state index in [1.165, 1.54) is 0 Å². The van der Waals surface area contributed by atoms with E-state index in [1.807, 2.05) is 36.4 Å². The average molecular weight is 224 g/mol. The Balaban J connectivity index is 2.19. The van der Waals surface area contributed by atoms with Crippen LogP contribution in [0.4, 0.5) is 0 Å². The Hall–Kier alpha value is -2.27. The quantitative estimate of drug-likeness (QED) is 0.455. The van der Waals surface area contributed by atoms with E-state index >= 15 is 0 Å². The van der Waals surface area contributed by atoms with Gasteiger partial charge in [-0.25, -0.2) is 4.79 Å². The normalized spacial score (nSPS) is 9.82. The van der Waals surface area contributed by atoms with Gasteiger partial charge in [0.2, 0.25) is 0 Å². The van der Waals surface area contributed by atoms with Crippen molar-refractivity contribution >= 4 is 16.7 Å². The number of rotatable bonds is 3. The maximum absolute atomic E-state index is 11.7. The van der Waals surface area contributed by atoms with Crippen LogP contribution in [0.2, 0.25) is 0 Å². The predicted octanol–water partition coefficient (Wildman–Crippen LogP) is 3.02. The average Bonchev–Trinajstić information content (AvgIpc) is 2.38. The van der Waals surface area contributed by atoms with E-state index in [0.29, 0.717) is 12.0 Å². The molecule has 2 rings (SSSR count). The fourth-order valence-corrected chi connectivity index (χ4v) is 1.60. The molecule has 0 spiro atoms. The van der Waals surface area contributed by atoms with Gasteiger partial charge in [0.1, 0.15) is 6.61 Å². The van der Waals surface area contributed by atoms with Crippen LogP contribution in [0.3, 0.4) is 0 Å². The van der Waals surface area contributed by atoms with E-state index in [1.54, 1.807) is 6.07 Å². The highest BCUT2D eigenvalue weighted by Crippen LogP contribution is 2.16. The minimum atomic E-state index is -0.328. The summed E-state index contributed by atoms with van der Waals surface area (Å²) in [5.74, 6) is 2.10. The second-order valence-electron chi connectivity index (χ2n) is 3.65. The zero-order valence-electron chi connectivity index (χ0n) is 9.35. The number of hydrogen-bond donors (Lipinski definition) is 0. The van der Waals surface area contributed by atoms with Crippen LogP contribution >= 0.6 is 0 Å². The fourth-order valence-electron chi connectivity index (χ4n) is 1.60. The summed E-state index contributed by atoms with van der Waals surface area (Å²) in [5, 5.41) is 2.13.